The van der Waals surface area contributed by atoms with E-state index in [0.717, 1.165) is 24.3 Å². The zero-order valence-electron chi connectivity index (χ0n) is 8.82. The molecule has 1 atom stereocenters. The molecule has 15 heavy (non-hydrogen) atoms. The van der Waals surface area contributed by atoms with Crippen LogP contribution in [-0.2, 0) is 11.2 Å². The summed E-state index contributed by atoms with van der Waals surface area (Å²) in [6, 6.07) is 7.75. The van der Waals surface area contributed by atoms with Crippen LogP contribution in [0.1, 0.15) is 12.0 Å². The van der Waals surface area contributed by atoms with Crippen LogP contribution in [0.3, 0.4) is 0 Å². The Morgan fingerprint density at radius 1 is 1.60 bits per heavy atom. The fourth-order valence-electron chi connectivity index (χ4n) is 1.67. The van der Waals surface area contributed by atoms with Crippen molar-refractivity contribution < 1.29 is 9.53 Å². The maximum Gasteiger partial charge on any atom is 0.154 e. The molecule has 3 nitrogen and oxygen atoms in total. The Morgan fingerprint density at radius 2 is 2.40 bits per heavy atom. The molecule has 0 amide bonds. The molecule has 2 rings (SSSR count). The highest BCUT2D eigenvalue weighted by Crippen LogP contribution is 2.15. The van der Waals surface area contributed by atoms with Crippen molar-refractivity contribution in [1.82, 2.24) is 5.32 Å². The van der Waals surface area contributed by atoms with Gasteiger partial charge in [0.1, 0.15) is 5.75 Å². The van der Waals surface area contributed by atoms with E-state index in [1.807, 2.05) is 24.3 Å². The molecule has 80 valence electrons. The second kappa shape index (κ2) is 4.45. The van der Waals surface area contributed by atoms with E-state index in [2.05, 4.69) is 5.32 Å². The molecule has 1 unspecified atom stereocenters. The van der Waals surface area contributed by atoms with Gasteiger partial charge in [-0.2, -0.15) is 0 Å². The van der Waals surface area contributed by atoms with E-state index in [9.17, 15) is 4.79 Å². The summed E-state index contributed by atoms with van der Waals surface area (Å²) in [7, 11) is 1.63. The molecule has 1 N–H and O–H groups in total. The molecule has 1 fully saturated rings. The molecular formula is C12H15NO2. The zero-order chi connectivity index (χ0) is 10.7. The zero-order valence-corrected chi connectivity index (χ0v) is 8.82. The first-order valence-corrected chi connectivity index (χ1v) is 5.18. The van der Waals surface area contributed by atoms with E-state index in [1.54, 1.807) is 7.11 Å². The number of benzene rings is 1. The topological polar surface area (TPSA) is 38.3 Å². The Kier molecular flexibility index (Phi) is 3.02. The van der Waals surface area contributed by atoms with E-state index in [0.29, 0.717) is 6.42 Å². The summed E-state index contributed by atoms with van der Waals surface area (Å²) in [5.41, 5.74) is 1.02. The lowest BCUT2D eigenvalue weighted by atomic mass is 9.97. The molecule has 1 aliphatic rings. The Labute approximate surface area is 89.4 Å². The highest BCUT2D eigenvalue weighted by Gasteiger charge is 2.23. The van der Waals surface area contributed by atoms with Crippen LogP contribution in [0.25, 0.3) is 0 Å². The minimum absolute atomic E-state index is 0.0798. The molecule has 1 aromatic carbocycles. The van der Waals surface area contributed by atoms with E-state index in [-0.39, 0.29) is 11.8 Å². The highest BCUT2D eigenvalue weighted by molar-refractivity contribution is 5.86. The first-order valence-electron chi connectivity index (χ1n) is 5.18. The smallest absolute Gasteiger partial charge is 0.154 e. The number of ether oxygens (including phenoxy) is 1. The van der Waals surface area contributed by atoms with Crippen molar-refractivity contribution in [3.63, 3.8) is 0 Å². The van der Waals surface area contributed by atoms with Gasteiger partial charge in [-0.15, -0.1) is 0 Å². The first-order chi connectivity index (χ1) is 7.29. The van der Waals surface area contributed by atoms with Gasteiger partial charge in [-0.05, 0) is 30.7 Å². The normalized spacial score (nSPS) is 19.4. The maximum atomic E-state index is 11.7. The van der Waals surface area contributed by atoms with Crippen molar-refractivity contribution in [2.24, 2.45) is 0 Å². The van der Waals surface area contributed by atoms with Crippen molar-refractivity contribution in [3.8, 4) is 5.75 Å². The Balaban J connectivity index is 1.99. The van der Waals surface area contributed by atoms with Gasteiger partial charge in [0, 0.05) is 6.42 Å². The van der Waals surface area contributed by atoms with Gasteiger partial charge < -0.3 is 10.1 Å². The largest absolute Gasteiger partial charge is 0.497 e. The number of Topliss-reactive ketones (excluding diaryl/α,β-unsaturated/α-hetero) is 1. The van der Waals surface area contributed by atoms with Crippen LogP contribution in [-0.4, -0.2) is 25.5 Å². The standard InChI is InChI=1S/C12H15NO2/c1-15-10-4-2-3-9(7-10)8-12(14)11-5-6-13-11/h2-4,7,11,13H,5-6,8H2,1H3. The van der Waals surface area contributed by atoms with Gasteiger partial charge >= 0.3 is 0 Å². The number of carbonyl (C=O) groups is 1. The minimum Gasteiger partial charge on any atom is -0.497 e. The summed E-state index contributed by atoms with van der Waals surface area (Å²) >= 11 is 0. The van der Waals surface area contributed by atoms with Gasteiger partial charge in [0.05, 0.1) is 13.2 Å². The van der Waals surface area contributed by atoms with Gasteiger partial charge in [0.15, 0.2) is 5.78 Å². The average Bonchev–Trinajstić information content (AvgIpc) is 2.15. The molecule has 0 bridgehead atoms. The van der Waals surface area contributed by atoms with Crippen molar-refractivity contribution >= 4 is 5.78 Å². The molecule has 1 heterocycles. The van der Waals surface area contributed by atoms with Gasteiger partial charge in [-0.25, -0.2) is 0 Å². The summed E-state index contributed by atoms with van der Waals surface area (Å²) in [6.45, 7) is 0.967. The summed E-state index contributed by atoms with van der Waals surface area (Å²) in [6.07, 6.45) is 1.47. The van der Waals surface area contributed by atoms with Crippen molar-refractivity contribution in [2.45, 2.75) is 18.9 Å². The Bertz CT molecular complexity index is 358. The fourth-order valence-corrected chi connectivity index (χ4v) is 1.67. The van der Waals surface area contributed by atoms with E-state index in [1.165, 1.54) is 0 Å². The SMILES string of the molecule is COc1cccc(CC(=O)C2CCN2)c1. The molecule has 0 saturated carbocycles. The molecular weight excluding hydrogens is 190 g/mol. The van der Waals surface area contributed by atoms with Crippen LogP contribution in [0, 0.1) is 0 Å². The van der Waals surface area contributed by atoms with E-state index in [4.69, 9.17) is 4.74 Å². The van der Waals surface area contributed by atoms with Crippen LogP contribution in [0.15, 0.2) is 24.3 Å². The Morgan fingerprint density at radius 3 is 3.00 bits per heavy atom. The van der Waals surface area contributed by atoms with Crippen molar-refractivity contribution in [3.05, 3.63) is 29.8 Å². The number of hydrogen-bond acceptors (Lipinski definition) is 3. The minimum atomic E-state index is 0.0798. The third kappa shape index (κ3) is 2.36. The van der Waals surface area contributed by atoms with Crippen LogP contribution in [0.4, 0.5) is 0 Å². The molecule has 0 aromatic heterocycles. The maximum absolute atomic E-state index is 11.7. The summed E-state index contributed by atoms with van der Waals surface area (Å²) in [5.74, 6) is 1.08. The van der Waals surface area contributed by atoms with Crippen LogP contribution in [0.5, 0.6) is 5.75 Å². The van der Waals surface area contributed by atoms with Crippen LogP contribution in [0.2, 0.25) is 0 Å². The molecule has 1 saturated heterocycles. The molecule has 0 spiro atoms. The summed E-state index contributed by atoms with van der Waals surface area (Å²) in [4.78, 5) is 11.7. The second-order valence-electron chi connectivity index (χ2n) is 3.79. The third-order valence-corrected chi connectivity index (χ3v) is 2.72. The fraction of sp³-hybridized carbons (Fsp3) is 0.417. The molecule has 0 radical (unpaired) electrons. The number of rotatable bonds is 4. The predicted molar refractivity (Wildman–Crippen MR) is 58.1 cm³/mol. The van der Waals surface area contributed by atoms with Gasteiger partial charge in [-0.1, -0.05) is 12.1 Å². The first kappa shape index (κ1) is 10.2. The highest BCUT2D eigenvalue weighted by atomic mass is 16.5. The number of carbonyl (C=O) groups excluding carboxylic acids is 1. The number of nitrogens with one attached hydrogen (secondary N) is 1. The van der Waals surface area contributed by atoms with Crippen molar-refractivity contribution in [2.75, 3.05) is 13.7 Å². The van der Waals surface area contributed by atoms with Crippen molar-refractivity contribution in [1.29, 1.82) is 0 Å². The summed E-state index contributed by atoms with van der Waals surface area (Å²) < 4.78 is 5.11. The lowest BCUT2D eigenvalue weighted by Crippen LogP contribution is -2.49. The van der Waals surface area contributed by atoms with E-state index < -0.39 is 0 Å². The number of ketones is 1. The third-order valence-electron chi connectivity index (χ3n) is 2.72. The Hall–Kier alpha value is -1.35. The van der Waals surface area contributed by atoms with Gasteiger partial charge in [0.25, 0.3) is 0 Å². The molecule has 0 aliphatic carbocycles. The van der Waals surface area contributed by atoms with Crippen LogP contribution >= 0.6 is 0 Å². The molecule has 3 heteroatoms. The number of hydrogen-bond donors (Lipinski definition) is 1. The predicted octanol–water partition coefficient (Wildman–Crippen LogP) is 1.17. The van der Waals surface area contributed by atoms with Crippen LogP contribution < -0.4 is 10.1 Å². The van der Waals surface area contributed by atoms with Gasteiger partial charge in [-0.3, -0.25) is 4.79 Å². The van der Waals surface area contributed by atoms with E-state index >= 15 is 0 Å². The lowest BCUT2D eigenvalue weighted by molar-refractivity contribution is -0.121. The quantitative estimate of drug-likeness (QED) is 0.801. The summed E-state index contributed by atoms with van der Waals surface area (Å²) in [5, 5.41) is 3.11. The van der Waals surface area contributed by atoms with Gasteiger partial charge in [0.2, 0.25) is 0 Å². The second-order valence-corrected chi connectivity index (χ2v) is 3.79. The molecule has 1 aromatic rings. The molecule has 1 aliphatic heterocycles. The monoisotopic (exact) mass is 205 g/mol. The number of methoxy groups -OCH3 is 1. The average molecular weight is 205 g/mol. The lowest BCUT2D eigenvalue weighted by Gasteiger charge is -2.26.